The van der Waals surface area contributed by atoms with Gasteiger partial charge < -0.3 is 14.5 Å². The molecule has 0 bridgehead atoms. The third-order valence-corrected chi connectivity index (χ3v) is 4.80. The van der Waals surface area contributed by atoms with E-state index in [1.165, 1.54) is 18.4 Å². The van der Waals surface area contributed by atoms with Gasteiger partial charge in [0.2, 0.25) is 0 Å². The summed E-state index contributed by atoms with van der Waals surface area (Å²) < 4.78 is 5.65. The molecule has 152 valence electrons. The number of benzene rings is 1. The van der Waals surface area contributed by atoms with Crippen LogP contribution in [0.1, 0.15) is 39.2 Å². The fourth-order valence-corrected chi connectivity index (χ4v) is 3.50. The van der Waals surface area contributed by atoms with Crippen LogP contribution in [0.3, 0.4) is 0 Å². The molecule has 0 N–H and O–H groups in total. The van der Waals surface area contributed by atoms with Crippen LogP contribution >= 0.6 is 0 Å². The first kappa shape index (κ1) is 21.7. The molecule has 1 fully saturated rings. The minimum Gasteiger partial charge on any atom is -0.444 e. The summed E-state index contributed by atoms with van der Waals surface area (Å²) in [6, 6.07) is 10.6. The molecular formula is C22H37N3O2. The zero-order valence-corrected chi connectivity index (χ0v) is 17.8. The first-order chi connectivity index (χ1) is 12.7. The Kier molecular flexibility index (Phi) is 8.11. The van der Waals surface area contributed by atoms with Gasteiger partial charge in [-0.25, -0.2) is 4.79 Å². The van der Waals surface area contributed by atoms with Crippen molar-refractivity contribution in [3.05, 3.63) is 35.9 Å². The van der Waals surface area contributed by atoms with Crippen molar-refractivity contribution >= 4 is 6.09 Å². The van der Waals surface area contributed by atoms with E-state index in [2.05, 4.69) is 40.1 Å². The molecule has 0 aliphatic carbocycles. The number of carbonyl (C=O) groups is 1. The van der Waals surface area contributed by atoms with Crippen LogP contribution in [0.25, 0.3) is 0 Å². The Balaban J connectivity index is 1.94. The molecule has 1 unspecified atom stereocenters. The topological polar surface area (TPSA) is 36.0 Å². The van der Waals surface area contributed by atoms with Crippen LogP contribution in [0, 0.1) is 5.92 Å². The van der Waals surface area contributed by atoms with Crippen LogP contribution < -0.4 is 0 Å². The standard InChI is InChI=1S/C22H37N3O2/c1-22(2,3)27-21(26)25(15-14-23(4)5)18-20-12-9-13-24(17-20)16-19-10-7-6-8-11-19/h6-8,10-11,20H,9,12-18H2,1-5H3. The number of nitrogens with zero attached hydrogens (tertiary/aromatic N) is 3. The Morgan fingerprint density at radius 2 is 1.89 bits per heavy atom. The molecule has 5 nitrogen and oxygen atoms in total. The van der Waals surface area contributed by atoms with Gasteiger partial charge in [-0.1, -0.05) is 30.3 Å². The first-order valence-electron chi connectivity index (χ1n) is 10.1. The third kappa shape index (κ3) is 8.31. The fraction of sp³-hybridized carbons (Fsp3) is 0.682. The van der Waals surface area contributed by atoms with E-state index < -0.39 is 5.60 Å². The highest BCUT2D eigenvalue weighted by atomic mass is 16.6. The van der Waals surface area contributed by atoms with Gasteiger partial charge in [0.25, 0.3) is 0 Å². The highest BCUT2D eigenvalue weighted by molar-refractivity contribution is 5.68. The largest absolute Gasteiger partial charge is 0.444 e. The average molecular weight is 376 g/mol. The number of likely N-dealkylation sites (tertiary alicyclic amines) is 1. The monoisotopic (exact) mass is 375 g/mol. The van der Waals surface area contributed by atoms with E-state index in [0.29, 0.717) is 12.5 Å². The second-order valence-electron chi connectivity index (χ2n) is 8.96. The maximum atomic E-state index is 12.7. The van der Waals surface area contributed by atoms with Crippen molar-refractivity contribution in [1.29, 1.82) is 0 Å². The van der Waals surface area contributed by atoms with Crippen LogP contribution in [0.15, 0.2) is 30.3 Å². The summed E-state index contributed by atoms with van der Waals surface area (Å²) >= 11 is 0. The first-order valence-corrected chi connectivity index (χ1v) is 10.1. The SMILES string of the molecule is CN(C)CCN(CC1CCCN(Cc2ccccc2)C1)C(=O)OC(C)(C)C. The summed E-state index contributed by atoms with van der Waals surface area (Å²) in [6.07, 6.45) is 2.17. The third-order valence-electron chi connectivity index (χ3n) is 4.80. The molecule has 1 atom stereocenters. The number of likely N-dealkylation sites (N-methyl/N-ethyl adjacent to an activating group) is 1. The molecule has 2 rings (SSSR count). The zero-order chi connectivity index (χ0) is 19.9. The van der Waals surface area contributed by atoms with Crippen molar-refractivity contribution in [2.24, 2.45) is 5.92 Å². The smallest absolute Gasteiger partial charge is 0.410 e. The van der Waals surface area contributed by atoms with E-state index in [4.69, 9.17) is 4.74 Å². The molecule has 1 aliphatic rings. The summed E-state index contributed by atoms with van der Waals surface area (Å²) in [7, 11) is 4.07. The van der Waals surface area contributed by atoms with Crippen LogP contribution in [0.2, 0.25) is 0 Å². The van der Waals surface area contributed by atoms with Gasteiger partial charge in [-0.15, -0.1) is 0 Å². The van der Waals surface area contributed by atoms with Crippen molar-refractivity contribution in [2.45, 2.75) is 45.8 Å². The number of ether oxygens (including phenoxy) is 1. The second kappa shape index (κ2) is 10.1. The average Bonchev–Trinajstić information content (AvgIpc) is 2.58. The molecule has 1 aromatic rings. The molecule has 1 aliphatic heterocycles. The molecule has 5 heteroatoms. The number of piperidine rings is 1. The van der Waals surface area contributed by atoms with Crippen molar-refractivity contribution in [3.63, 3.8) is 0 Å². The summed E-state index contributed by atoms with van der Waals surface area (Å²) in [5, 5.41) is 0. The Labute approximate surface area is 165 Å². The Morgan fingerprint density at radius 3 is 2.52 bits per heavy atom. The Morgan fingerprint density at radius 1 is 1.19 bits per heavy atom. The molecule has 0 spiro atoms. The van der Waals surface area contributed by atoms with Gasteiger partial charge >= 0.3 is 6.09 Å². The van der Waals surface area contributed by atoms with E-state index in [-0.39, 0.29) is 6.09 Å². The lowest BCUT2D eigenvalue weighted by Crippen LogP contribution is -2.46. The normalized spacial score (nSPS) is 18.5. The molecule has 0 aromatic heterocycles. The molecule has 1 aromatic carbocycles. The highest BCUT2D eigenvalue weighted by Gasteiger charge is 2.27. The zero-order valence-electron chi connectivity index (χ0n) is 17.8. The molecule has 27 heavy (non-hydrogen) atoms. The molecule has 1 heterocycles. The minimum absolute atomic E-state index is 0.190. The fourth-order valence-electron chi connectivity index (χ4n) is 3.50. The van der Waals surface area contributed by atoms with Crippen molar-refractivity contribution < 1.29 is 9.53 Å². The van der Waals surface area contributed by atoms with Gasteiger partial charge in [0.05, 0.1) is 0 Å². The number of hydrogen-bond acceptors (Lipinski definition) is 4. The van der Waals surface area contributed by atoms with Gasteiger partial charge in [0, 0.05) is 32.7 Å². The van der Waals surface area contributed by atoms with Gasteiger partial charge in [-0.3, -0.25) is 4.90 Å². The summed E-state index contributed by atoms with van der Waals surface area (Å²) in [4.78, 5) is 19.2. The predicted molar refractivity (Wildman–Crippen MR) is 111 cm³/mol. The Hall–Kier alpha value is -1.59. The second-order valence-corrected chi connectivity index (χ2v) is 8.96. The van der Waals surface area contributed by atoms with Crippen molar-refractivity contribution in [2.75, 3.05) is 46.8 Å². The van der Waals surface area contributed by atoms with Crippen molar-refractivity contribution in [1.82, 2.24) is 14.7 Å². The quantitative estimate of drug-likeness (QED) is 0.728. The van der Waals surface area contributed by atoms with Crippen LogP contribution in [-0.2, 0) is 11.3 Å². The van der Waals surface area contributed by atoms with E-state index in [1.807, 2.05) is 39.8 Å². The van der Waals surface area contributed by atoms with Gasteiger partial charge in [-0.05, 0) is 65.7 Å². The lowest BCUT2D eigenvalue weighted by molar-refractivity contribution is 0.0174. The summed E-state index contributed by atoms with van der Waals surface area (Å²) in [6.45, 7) is 11.3. The molecule has 0 saturated carbocycles. The van der Waals surface area contributed by atoms with E-state index in [0.717, 1.165) is 32.7 Å². The van der Waals surface area contributed by atoms with Gasteiger partial charge in [0.1, 0.15) is 5.60 Å². The van der Waals surface area contributed by atoms with Crippen molar-refractivity contribution in [3.8, 4) is 0 Å². The van der Waals surface area contributed by atoms with Gasteiger partial charge in [-0.2, -0.15) is 0 Å². The van der Waals surface area contributed by atoms with Crippen LogP contribution in [0.5, 0.6) is 0 Å². The van der Waals surface area contributed by atoms with E-state index >= 15 is 0 Å². The van der Waals surface area contributed by atoms with Crippen LogP contribution in [-0.4, -0.2) is 73.2 Å². The van der Waals surface area contributed by atoms with Gasteiger partial charge in [0.15, 0.2) is 0 Å². The maximum absolute atomic E-state index is 12.7. The highest BCUT2D eigenvalue weighted by Crippen LogP contribution is 2.21. The number of amides is 1. The molecular weight excluding hydrogens is 338 g/mol. The maximum Gasteiger partial charge on any atom is 0.410 e. The molecule has 0 radical (unpaired) electrons. The van der Waals surface area contributed by atoms with E-state index in [9.17, 15) is 4.79 Å². The lowest BCUT2D eigenvalue weighted by atomic mass is 9.97. The molecule has 1 saturated heterocycles. The minimum atomic E-state index is -0.459. The number of hydrogen-bond donors (Lipinski definition) is 0. The van der Waals surface area contributed by atoms with Crippen LogP contribution in [0.4, 0.5) is 4.79 Å². The lowest BCUT2D eigenvalue weighted by Gasteiger charge is -2.36. The predicted octanol–water partition coefficient (Wildman–Crippen LogP) is 3.70. The number of carbonyl (C=O) groups excluding carboxylic acids is 1. The van der Waals surface area contributed by atoms with E-state index in [1.54, 1.807) is 0 Å². The summed E-state index contributed by atoms with van der Waals surface area (Å²) in [5.41, 5.74) is 0.897. The molecule has 1 amide bonds. The Bertz CT molecular complexity index is 569. The number of rotatable bonds is 7. The summed E-state index contributed by atoms with van der Waals surface area (Å²) in [5.74, 6) is 0.497.